The number of anilines is 1. The molecule has 5 heterocycles. The van der Waals surface area contributed by atoms with Gasteiger partial charge in [0.15, 0.2) is 0 Å². The fraction of sp³-hybridized carbons (Fsp3) is 0.619. The van der Waals surface area contributed by atoms with Crippen LogP contribution in [0.3, 0.4) is 0 Å². The first-order valence-corrected chi connectivity index (χ1v) is 10.5. The molecule has 0 amide bonds. The summed E-state index contributed by atoms with van der Waals surface area (Å²) in [4.78, 5) is 6.65. The molecule has 3 saturated carbocycles. The summed E-state index contributed by atoms with van der Waals surface area (Å²) in [7, 11) is 0. The smallest absolute Gasteiger partial charge is 0.267 e. The van der Waals surface area contributed by atoms with E-state index in [1.165, 1.54) is 24.6 Å². The minimum Gasteiger partial charge on any atom is -0.383 e. The Bertz CT molecular complexity index is 1010. The summed E-state index contributed by atoms with van der Waals surface area (Å²) in [6, 6.07) is 4.77. The van der Waals surface area contributed by atoms with Gasteiger partial charge in [-0.2, -0.15) is 5.10 Å². The molecule has 2 N–H and O–H groups in total. The third-order valence-electron chi connectivity index (χ3n) is 7.90. The first kappa shape index (κ1) is 16.7. The van der Waals surface area contributed by atoms with Crippen molar-refractivity contribution in [3.63, 3.8) is 0 Å². The topological polar surface area (TPSA) is 69.2 Å². The van der Waals surface area contributed by atoms with Crippen LogP contribution in [-0.2, 0) is 16.7 Å². The van der Waals surface area contributed by atoms with E-state index >= 15 is 0 Å². The lowest BCUT2D eigenvalue weighted by Gasteiger charge is -2.34. The Labute approximate surface area is 167 Å². The first-order chi connectivity index (χ1) is 14.1. The largest absolute Gasteiger partial charge is 0.383 e. The molecule has 1 unspecified atom stereocenters. The van der Waals surface area contributed by atoms with E-state index in [0.29, 0.717) is 23.6 Å². The molecule has 3 aliphatic heterocycles. The average molecular weight is 399 g/mol. The van der Waals surface area contributed by atoms with E-state index in [0.717, 1.165) is 43.8 Å². The van der Waals surface area contributed by atoms with Gasteiger partial charge in [-0.25, -0.2) is 13.8 Å². The number of hydrogen-bond donors (Lipinski definition) is 1. The standard InChI is InChI=1S/C21H23F2N5O/c22-19(23)13-3-11(5-25-20(13)24)15-4-16(28(26-15)6-10-1-2-10)21-14-7-27(12-8-29-9-12)18(21)17(14)21/h3-5,10,12,14,17-19H,1-2,6-9H2,(H2,24,25)/t14-,17-,18?,21-/m1/s1. The molecule has 4 atom stereocenters. The zero-order valence-electron chi connectivity index (χ0n) is 16.0. The minimum absolute atomic E-state index is 0.110. The molecule has 152 valence electrons. The van der Waals surface area contributed by atoms with Crippen LogP contribution in [0.4, 0.5) is 14.6 Å². The summed E-state index contributed by atoms with van der Waals surface area (Å²) in [5.41, 5.74) is 8.32. The summed E-state index contributed by atoms with van der Waals surface area (Å²) in [5.74, 6) is 2.05. The van der Waals surface area contributed by atoms with Crippen molar-refractivity contribution in [3.8, 4) is 11.3 Å². The van der Waals surface area contributed by atoms with Crippen LogP contribution in [0, 0.1) is 17.8 Å². The number of nitrogen functional groups attached to an aromatic ring is 1. The van der Waals surface area contributed by atoms with Crippen LogP contribution >= 0.6 is 0 Å². The highest BCUT2D eigenvalue weighted by Crippen LogP contribution is 2.86. The molecule has 6 fully saturated rings. The lowest BCUT2D eigenvalue weighted by molar-refractivity contribution is -0.0601. The summed E-state index contributed by atoms with van der Waals surface area (Å²) in [5, 5.41) is 4.87. The predicted molar refractivity (Wildman–Crippen MR) is 101 cm³/mol. The Balaban J connectivity index is 1.26. The molecule has 0 radical (unpaired) electrons. The highest BCUT2D eigenvalue weighted by atomic mass is 19.3. The van der Waals surface area contributed by atoms with Gasteiger partial charge >= 0.3 is 0 Å². The third-order valence-corrected chi connectivity index (χ3v) is 7.90. The molecule has 8 heteroatoms. The number of rotatable bonds is 6. The first-order valence-electron chi connectivity index (χ1n) is 10.5. The molecule has 6 aliphatic rings. The Hall–Kier alpha value is -2.06. The minimum atomic E-state index is -2.64. The van der Waals surface area contributed by atoms with Gasteiger partial charge in [-0.05, 0) is 42.7 Å². The number of piperidine rings is 1. The molecule has 2 aromatic heterocycles. The van der Waals surface area contributed by atoms with Crippen LogP contribution in [0.5, 0.6) is 0 Å². The average Bonchev–Trinajstić information content (AvgIpc) is 3.57. The van der Waals surface area contributed by atoms with Crippen molar-refractivity contribution in [2.75, 3.05) is 25.5 Å². The van der Waals surface area contributed by atoms with E-state index < -0.39 is 6.43 Å². The number of hydrogen-bond acceptors (Lipinski definition) is 5. The van der Waals surface area contributed by atoms with Gasteiger partial charge in [-0.15, -0.1) is 0 Å². The van der Waals surface area contributed by atoms with Crippen LogP contribution in [0.15, 0.2) is 18.3 Å². The Morgan fingerprint density at radius 1 is 1.28 bits per heavy atom. The fourth-order valence-electron chi connectivity index (χ4n) is 6.04. The van der Waals surface area contributed by atoms with E-state index in [9.17, 15) is 8.78 Å². The number of pyridine rings is 1. The molecular weight excluding hydrogens is 376 g/mol. The second-order valence-corrected chi connectivity index (χ2v) is 9.44. The van der Waals surface area contributed by atoms with Crippen molar-refractivity contribution in [2.24, 2.45) is 17.8 Å². The monoisotopic (exact) mass is 399 g/mol. The van der Waals surface area contributed by atoms with Crippen molar-refractivity contribution in [2.45, 2.75) is 43.3 Å². The quantitative estimate of drug-likeness (QED) is 0.808. The SMILES string of the molecule is Nc1ncc(-c2cc([C@@]34C5[C@H]3[C@H]4CN5C3COC3)n(CC3CC3)n2)cc1C(F)F. The van der Waals surface area contributed by atoms with Crippen LogP contribution in [-0.4, -0.2) is 51.5 Å². The van der Waals surface area contributed by atoms with Gasteiger partial charge in [0.05, 0.1) is 30.5 Å². The maximum atomic E-state index is 13.3. The van der Waals surface area contributed by atoms with Gasteiger partial charge in [-0.3, -0.25) is 9.58 Å². The maximum Gasteiger partial charge on any atom is 0.267 e. The fourth-order valence-corrected chi connectivity index (χ4v) is 6.04. The molecule has 0 aromatic carbocycles. The lowest BCUT2D eigenvalue weighted by Crippen LogP contribution is -2.48. The third kappa shape index (κ3) is 2.11. The van der Waals surface area contributed by atoms with Gasteiger partial charge in [0, 0.05) is 42.0 Å². The number of nitrogens with zero attached hydrogens (tertiary/aromatic N) is 4. The van der Waals surface area contributed by atoms with Crippen LogP contribution in [0.25, 0.3) is 11.3 Å². The summed E-state index contributed by atoms with van der Waals surface area (Å²) in [6.07, 6.45) is 1.43. The molecule has 29 heavy (non-hydrogen) atoms. The highest BCUT2D eigenvalue weighted by molar-refractivity contribution is 5.65. The van der Waals surface area contributed by atoms with Gasteiger partial charge in [0.25, 0.3) is 6.43 Å². The molecule has 3 saturated heterocycles. The molecule has 2 aromatic rings. The van der Waals surface area contributed by atoms with Crippen molar-refractivity contribution < 1.29 is 13.5 Å². The number of aromatic nitrogens is 3. The number of fused-ring (bicyclic) bond motifs is 1. The Kier molecular flexibility index (Phi) is 3.08. The molecule has 8 rings (SSSR count). The summed E-state index contributed by atoms with van der Waals surface area (Å²) >= 11 is 0. The second kappa shape index (κ2) is 5.35. The van der Waals surface area contributed by atoms with E-state index in [2.05, 4.69) is 20.6 Å². The number of halogens is 2. The number of alkyl halides is 2. The van der Waals surface area contributed by atoms with Gasteiger partial charge in [0.2, 0.25) is 0 Å². The van der Waals surface area contributed by atoms with Gasteiger partial charge in [0.1, 0.15) is 5.82 Å². The van der Waals surface area contributed by atoms with E-state index in [-0.39, 0.29) is 16.8 Å². The Morgan fingerprint density at radius 3 is 2.76 bits per heavy atom. The maximum absolute atomic E-state index is 13.3. The lowest BCUT2D eigenvalue weighted by atomic mass is 10.0. The van der Waals surface area contributed by atoms with E-state index in [4.69, 9.17) is 15.6 Å². The zero-order valence-corrected chi connectivity index (χ0v) is 16.0. The van der Waals surface area contributed by atoms with Gasteiger partial charge < -0.3 is 10.5 Å². The van der Waals surface area contributed by atoms with Crippen molar-refractivity contribution >= 4 is 5.82 Å². The highest BCUT2D eigenvalue weighted by Gasteiger charge is 2.93. The van der Waals surface area contributed by atoms with Crippen LogP contribution in [0.2, 0.25) is 0 Å². The van der Waals surface area contributed by atoms with Crippen LogP contribution in [0.1, 0.15) is 30.5 Å². The van der Waals surface area contributed by atoms with Crippen molar-refractivity contribution in [1.29, 1.82) is 0 Å². The number of ether oxygens (including phenoxy) is 1. The number of nitrogens with two attached hydrogens (primary N) is 1. The zero-order chi connectivity index (χ0) is 19.5. The van der Waals surface area contributed by atoms with E-state index in [1.54, 1.807) is 6.20 Å². The molecule has 2 bridgehead atoms. The predicted octanol–water partition coefficient (Wildman–Crippen LogP) is 2.46. The Morgan fingerprint density at radius 2 is 2.10 bits per heavy atom. The molecule has 3 aliphatic carbocycles. The van der Waals surface area contributed by atoms with Crippen molar-refractivity contribution in [3.05, 3.63) is 29.6 Å². The van der Waals surface area contributed by atoms with E-state index in [1.807, 2.05) is 0 Å². The molecular formula is C21H23F2N5O. The molecule has 6 nitrogen and oxygen atoms in total. The summed E-state index contributed by atoms with van der Waals surface area (Å²) in [6.45, 7) is 3.80. The summed E-state index contributed by atoms with van der Waals surface area (Å²) < 4.78 is 34.2. The normalized spacial score (nSPS) is 35.1. The van der Waals surface area contributed by atoms with Gasteiger partial charge in [-0.1, -0.05) is 0 Å². The second-order valence-electron chi connectivity index (χ2n) is 9.44. The van der Waals surface area contributed by atoms with Crippen molar-refractivity contribution in [1.82, 2.24) is 19.7 Å². The van der Waals surface area contributed by atoms with Crippen LogP contribution < -0.4 is 5.73 Å². The molecule has 0 spiro atoms.